The molecule has 8 aromatic carbocycles. The molecule has 0 saturated carbocycles. The molecule has 0 radical (unpaired) electrons. The average Bonchev–Trinajstić information content (AvgIpc) is 3.98. The van der Waals surface area contributed by atoms with E-state index in [1.807, 2.05) is 0 Å². The Labute approximate surface area is 366 Å². The number of aromatic nitrogens is 4. The zero-order valence-electron chi connectivity index (χ0n) is 35.6. The Hall–Kier alpha value is -7.76. The Bertz CT molecular complexity index is 3370. The quantitative estimate of drug-likeness (QED) is 0.174. The van der Waals surface area contributed by atoms with Crippen LogP contribution in [0, 0.1) is 0 Å². The standard InChI is InChI=1S/C58H43N5/c1-57(2)46-23-11-5-17-38(46)40-31-29-36(33-48(40)57)61(37-30-32-41-39-18-6-12-24-47(39)58(3,4)49(41)34-37)54-35-55(62-50-25-13-7-19-42(50)43-20-8-14-26-51(43)62)60-56(59-54)63-52-27-15-9-21-44(52)45-22-10-16-28-53(45)63/h5-35H,1-4H3. The Morgan fingerprint density at radius 2 is 0.746 bits per heavy atom. The second-order valence-electron chi connectivity index (χ2n) is 18.3. The number of nitrogens with zero attached hydrogens (tertiary/aromatic N) is 5. The van der Waals surface area contributed by atoms with E-state index in [1.165, 1.54) is 66.1 Å². The summed E-state index contributed by atoms with van der Waals surface area (Å²) < 4.78 is 4.56. The first-order valence-electron chi connectivity index (χ1n) is 21.9. The summed E-state index contributed by atoms with van der Waals surface area (Å²) in [5, 5.41) is 4.70. The first-order valence-corrected chi connectivity index (χ1v) is 21.9. The summed E-state index contributed by atoms with van der Waals surface area (Å²) in [7, 11) is 0. The highest BCUT2D eigenvalue weighted by atomic mass is 15.3. The molecule has 0 bridgehead atoms. The molecule has 2 aliphatic rings. The molecule has 0 saturated heterocycles. The number of fused-ring (bicyclic) bond motifs is 12. The van der Waals surface area contributed by atoms with Gasteiger partial charge >= 0.3 is 0 Å². The number of anilines is 3. The lowest BCUT2D eigenvalue weighted by molar-refractivity contribution is 0.660. The van der Waals surface area contributed by atoms with Gasteiger partial charge in [-0.3, -0.25) is 14.0 Å². The van der Waals surface area contributed by atoms with Crippen LogP contribution in [0.2, 0.25) is 0 Å². The van der Waals surface area contributed by atoms with E-state index in [0.29, 0.717) is 5.95 Å². The van der Waals surface area contributed by atoms with Crippen LogP contribution in [0.1, 0.15) is 49.9 Å². The molecule has 63 heavy (non-hydrogen) atoms. The van der Waals surface area contributed by atoms with Crippen molar-refractivity contribution in [3.63, 3.8) is 0 Å². The summed E-state index contributed by atoms with van der Waals surface area (Å²) in [5.41, 5.74) is 16.5. The Balaban J connectivity index is 1.13. The molecule has 300 valence electrons. The predicted molar refractivity (Wildman–Crippen MR) is 261 cm³/mol. The lowest BCUT2D eigenvalue weighted by Gasteiger charge is -2.29. The monoisotopic (exact) mass is 809 g/mol. The van der Waals surface area contributed by atoms with Gasteiger partial charge < -0.3 is 0 Å². The first-order chi connectivity index (χ1) is 30.8. The summed E-state index contributed by atoms with van der Waals surface area (Å²) >= 11 is 0. The summed E-state index contributed by atoms with van der Waals surface area (Å²) in [6, 6.07) is 68.5. The van der Waals surface area contributed by atoms with E-state index in [0.717, 1.165) is 45.1 Å². The second-order valence-corrected chi connectivity index (χ2v) is 18.3. The van der Waals surface area contributed by atoms with Crippen LogP contribution in [0.25, 0.3) is 77.6 Å². The first kappa shape index (κ1) is 35.9. The van der Waals surface area contributed by atoms with Crippen LogP contribution in [-0.4, -0.2) is 19.1 Å². The maximum atomic E-state index is 5.70. The van der Waals surface area contributed by atoms with Crippen LogP contribution in [0.4, 0.5) is 17.2 Å². The molecule has 11 aromatic rings. The molecule has 0 spiro atoms. The van der Waals surface area contributed by atoms with Crippen molar-refractivity contribution in [3.05, 3.63) is 210 Å². The lowest BCUT2D eigenvalue weighted by Crippen LogP contribution is -2.19. The van der Waals surface area contributed by atoms with Gasteiger partial charge in [-0.25, -0.2) is 0 Å². The second kappa shape index (κ2) is 12.9. The molecule has 5 heteroatoms. The van der Waals surface area contributed by atoms with Crippen LogP contribution < -0.4 is 4.90 Å². The SMILES string of the molecule is CC1(C)c2ccccc2-c2ccc(N(c3ccc4c(c3)C(C)(C)c3ccccc3-4)c3cc(-n4c5ccccc5c5ccccc54)nc(-n4c5ccccc5c5ccccc54)n3)cc21. The third-order valence-corrected chi connectivity index (χ3v) is 14.2. The summed E-state index contributed by atoms with van der Waals surface area (Å²) in [6.45, 7) is 9.41. The topological polar surface area (TPSA) is 38.9 Å². The van der Waals surface area contributed by atoms with Crippen molar-refractivity contribution >= 4 is 60.8 Å². The minimum atomic E-state index is -0.191. The van der Waals surface area contributed by atoms with Gasteiger partial charge in [0.15, 0.2) is 0 Å². The van der Waals surface area contributed by atoms with Gasteiger partial charge in [-0.2, -0.15) is 9.97 Å². The third kappa shape index (κ3) is 4.99. The summed E-state index contributed by atoms with van der Waals surface area (Å²) in [6.07, 6.45) is 0. The van der Waals surface area contributed by atoms with Crippen molar-refractivity contribution in [2.75, 3.05) is 4.90 Å². The van der Waals surface area contributed by atoms with E-state index in [2.05, 4.69) is 230 Å². The van der Waals surface area contributed by atoms with Gasteiger partial charge in [-0.1, -0.05) is 161 Å². The maximum Gasteiger partial charge on any atom is 0.238 e. The van der Waals surface area contributed by atoms with E-state index in [4.69, 9.17) is 9.97 Å². The van der Waals surface area contributed by atoms with Gasteiger partial charge in [-0.05, 0) is 93.0 Å². The molecule has 0 unspecified atom stereocenters. The van der Waals surface area contributed by atoms with Crippen LogP contribution >= 0.6 is 0 Å². The lowest BCUT2D eigenvalue weighted by atomic mass is 9.82. The molecule has 3 aromatic heterocycles. The molecule has 0 aliphatic heterocycles. The van der Waals surface area contributed by atoms with Crippen LogP contribution in [0.5, 0.6) is 0 Å². The smallest absolute Gasteiger partial charge is 0.238 e. The molecule has 0 amide bonds. The van der Waals surface area contributed by atoms with E-state index < -0.39 is 0 Å². The highest BCUT2D eigenvalue weighted by Gasteiger charge is 2.38. The zero-order valence-corrected chi connectivity index (χ0v) is 35.6. The van der Waals surface area contributed by atoms with E-state index in [1.54, 1.807) is 0 Å². The van der Waals surface area contributed by atoms with Crippen molar-refractivity contribution < 1.29 is 0 Å². The number of rotatable bonds is 5. The van der Waals surface area contributed by atoms with Crippen molar-refractivity contribution in [2.24, 2.45) is 0 Å². The van der Waals surface area contributed by atoms with Gasteiger partial charge in [-0.15, -0.1) is 0 Å². The predicted octanol–water partition coefficient (Wildman–Crippen LogP) is 14.8. The van der Waals surface area contributed by atoms with Gasteiger partial charge in [0, 0.05) is 49.8 Å². The maximum absolute atomic E-state index is 5.70. The van der Waals surface area contributed by atoms with Crippen LogP contribution in [0.3, 0.4) is 0 Å². The molecular formula is C58H43N5. The minimum absolute atomic E-state index is 0.191. The van der Waals surface area contributed by atoms with Crippen LogP contribution in [0.15, 0.2) is 188 Å². The molecule has 0 atom stereocenters. The molecule has 13 rings (SSSR count). The van der Waals surface area contributed by atoms with Gasteiger partial charge in [0.25, 0.3) is 0 Å². The molecule has 0 fully saturated rings. The van der Waals surface area contributed by atoms with Crippen molar-refractivity contribution in [2.45, 2.75) is 38.5 Å². The van der Waals surface area contributed by atoms with Crippen LogP contribution in [-0.2, 0) is 10.8 Å². The minimum Gasteiger partial charge on any atom is -0.295 e. The molecule has 2 aliphatic carbocycles. The average molecular weight is 810 g/mol. The van der Waals surface area contributed by atoms with Gasteiger partial charge in [0.05, 0.1) is 22.1 Å². The number of benzene rings is 8. The fourth-order valence-electron chi connectivity index (χ4n) is 11.1. The largest absolute Gasteiger partial charge is 0.295 e. The van der Waals surface area contributed by atoms with E-state index >= 15 is 0 Å². The molecule has 0 N–H and O–H groups in total. The number of hydrogen-bond donors (Lipinski definition) is 0. The highest BCUT2D eigenvalue weighted by molar-refractivity contribution is 6.10. The van der Waals surface area contributed by atoms with E-state index in [9.17, 15) is 0 Å². The number of para-hydroxylation sites is 4. The normalized spacial score (nSPS) is 14.3. The Kier molecular flexibility index (Phi) is 7.35. The highest BCUT2D eigenvalue weighted by Crippen LogP contribution is 2.53. The fraction of sp³-hybridized carbons (Fsp3) is 0.103. The Morgan fingerprint density at radius 3 is 1.21 bits per heavy atom. The zero-order chi connectivity index (χ0) is 42.2. The van der Waals surface area contributed by atoms with Gasteiger partial charge in [0.1, 0.15) is 11.6 Å². The van der Waals surface area contributed by atoms with Crippen molar-refractivity contribution in [1.29, 1.82) is 0 Å². The van der Waals surface area contributed by atoms with E-state index in [-0.39, 0.29) is 10.8 Å². The molecule has 5 nitrogen and oxygen atoms in total. The fourth-order valence-corrected chi connectivity index (χ4v) is 11.1. The number of hydrogen-bond acceptors (Lipinski definition) is 3. The summed E-state index contributed by atoms with van der Waals surface area (Å²) in [4.78, 5) is 13.7. The molecular weight excluding hydrogens is 767 g/mol. The van der Waals surface area contributed by atoms with Crippen molar-refractivity contribution in [3.8, 4) is 34.0 Å². The van der Waals surface area contributed by atoms with Crippen molar-refractivity contribution in [1.82, 2.24) is 19.1 Å². The summed E-state index contributed by atoms with van der Waals surface area (Å²) in [5.74, 6) is 2.18. The van der Waals surface area contributed by atoms with Gasteiger partial charge in [0.2, 0.25) is 5.95 Å². The Morgan fingerprint density at radius 1 is 0.365 bits per heavy atom. The molecule has 3 heterocycles. The third-order valence-electron chi connectivity index (χ3n) is 14.2.